The van der Waals surface area contributed by atoms with Gasteiger partial charge in [-0.3, -0.25) is 0 Å². The van der Waals surface area contributed by atoms with Gasteiger partial charge in [0.25, 0.3) is 0 Å². The van der Waals surface area contributed by atoms with E-state index in [0.29, 0.717) is 16.2 Å². The summed E-state index contributed by atoms with van der Waals surface area (Å²) in [6.07, 6.45) is 0. The van der Waals surface area contributed by atoms with Gasteiger partial charge in [-0.05, 0) is 0 Å². The summed E-state index contributed by atoms with van der Waals surface area (Å²) < 4.78 is 8.28. The van der Waals surface area contributed by atoms with Crippen molar-refractivity contribution >= 4 is 16.2 Å². The maximum atomic E-state index is 8.28. The van der Waals surface area contributed by atoms with Crippen molar-refractivity contribution in [2.24, 2.45) is 0 Å². The molecule has 0 atom stereocenters. The van der Waals surface area contributed by atoms with Gasteiger partial charge >= 0.3 is 49.6 Å². The molecule has 1 nitrogen and oxygen atoms in total. The van der Waals surface area contributed by atoms with Gasteiger partial charge in [0.1, 0.15) is 0 Å². The van der Waals surface area contributed by atoms with Crippen molar-refractivity contribution in [3.05, 3.63) is 0 Å². The van der Waals surface area contributed by atoms with Crippen LogP contribution in [0, 0.1) is 0 Å². The third-order valence-electron chi connectivity index (χ3n) is 0. The molecule has 0 unspecified atom stereocenters. The van der Waals surface area contributed by atoms with Crippen LogP contribution in [0.2, 0.25) is 0 Å². The predicted molar refractivity (Wildman–Crippen MR) is 7.84 cm³/mol. The molecule has 0 radical (unpaired) electrons. The molecule has 0 aliphatic rings. The summed E-state index contributed by atoms with van der Waals surface area (Å²) in [6.45, 7) is 0. The first-order chi connectivity index (χ1) is 1.00. The van der Waals surface area contributed by atoms with Crippen LogP contribution in [0.4, 0.5) is 0 Å². The van der Waals surface area contributed by atoms with Gasteiger partial charge in [0, 0.05) is 0 Å². The van der Waals surface area contributed by atoms with Crippen LogP contribution in [0.15, 0.2) is 0 Å². The first kappa shape index (κ1) is 18.7. The van der Waals surface area contributed by atoms with Crippen molar-refractivity contribution in [3.8, 4) is 0 Å². The zero-order valence-electron chi connectivity index (χ0n) is 2.49. The Balaban J connectivity index is -0.00000000500. The van der Waals surface area contributed by atoms with Crippen molar-refractivity contribution in [1.82, 2.24) is 0 Å². The summed E-state index contributed by atoms with van der Waals surface area (Å²) in [5.74, 6) is 0. The van der Waals surface area contributed by atoms with E-state index in [4.69, 9.17) is 3.80 Å². The molecule has 0 bridgehead atoms. The van der Waals surface area contributed by atoms with E-state index in [1.807, 2.05) is 0 Å². The first-order valence-electron chi connectivity index (χ1n) is 0.289. The summed E-state index contributed by atoms with van der Waals surface area (Å²) in [6, 6.07) is 0. The third-order valence-corrected chi connectivity index (χ3v) is 0. The summed E-state index contributed by atoms with van der Waals surface area (Å²) >= 11 is 0.611. The molecule has 0 fully saturated rings. The van der Waals surface area contributed by atoms with E-state index in [0.717, 1.165) is 0 Å². The second kappa shape index (κ2) is 28.5. The Morgan fingerprint density at radius 2 is 1.25 bits per heavy atom. The van der Waals surface area contributed by atoms with E-state index in [9.17, 15) is 0 Å². The van der Waals surface area contributed by atoms with E-state index >= 15 is 0 Å². The quantitative estimate of drug-likeness (QED) is 0.268. The Bertz CT molecular complexity index is 8.00. The van der Waals surface area contributed by atoms with Gasteiger partial charge in [-0.25, -0.2) is 0 Å². The van der Waals surface area contributed by atoms with Crippen LogP contribution < -0.4 is 34.3 Å². The molecule has 0 heterocycles. The fourth-order valence-electron chi connectivity index (χ4n) is 0. The monoisotopic (exact) mass is 86.0 g/mol. The molecule has 0 saturated heterocycles. The molecule has 4 heteroatoms. The normalized spacial score (nSPS) is 0.750. The number of halogens is 1. The molecule has 0 aliphatic heterocycles. The third kappa shape index (κ3) is 10.5. The van der Waals surface area contributed by atoms with Crippen molar-refractivity contribution in [3.63, 3.8) is 0 Å². The van der Waals surface area contributed by atoms with Crippen LogP contribution in [0.5, 0.6) is 0 Å². The van der Waals surface area contributed by atoms with Crippen LogP contribution in [0.1, 0.15) is 0 Å². The summed E-state index contributed by atoms with van der Waals surface area (Å²) in [7, 11) is 0. The topological polar surface area (TPSA) is 17.1 Å². The molecule has 0 aromatic heterocycles. The van der Waals surface area contributed by atoms with Crippen LogP contribution in [0.3, 0.4) is 0 Å². The van der Waals surface area contributed by atoms with Crippen LogP contribution in [0.25, 0.3) is 0 Å². The molecular weight excluding hydrogens is 85.0 g/mol. The Hall–Kier alpha value is 1.26. The number of hydrogen-bond acceptors (Lipinski definition) is 1. The van der Waals surface area contributed by atoms with Crippen molar-refractivity contribution in [1.29, 1.82) is 0 Å². The average molecular weight is 86.0 g/mol. The van der Waals surface area contributed by atoms with Gasteiger partial charge in [-0.15, -0.1) is 0 Å². The zero-order chi connectivity index (χ0) is 2.00. The van der Waals surface area contributed by atoms with Gasteiger partial charge in [0.15, 0.2) is 0 Å². The van der Waals surface area contributed by atoms with E-state index < -0.39 is 0 Å². The SMILES string of the molecule is [F-].[Na+].[O]=[AlH]. The van der Waals surface area contributed by atoms with E-state index in [2.05, 4.69) is 0 Å². The van der Waals surface area contributed by atoms with E-state index in [-0.39, 0.29) is 34.3 Å². The molecule has 0 rings (SSSR count). The Morgan fingerprint density at radius 3 is 1.25 bits per heavy atom. The summed E-state index contributed by atoms with van der Waals surface area (Å²) in [4.78, 5) is 0. The molecule has 0 aromatic rings. The molecule has 0 aromatic carbocycles. The standard InChI is InChI=1S/Al.FH.Na.O.H/h;1H;;;/q;;+1;;/p-1. The average Bonchev–Trinajstić information content (AvgIpc) is 1.00. The Labute approximate surface area is 54.1 Å². The van der Waals surface area contributed by atoms with Gasteiger partial charge in [0.2, 0.25) is 0 Å². The molecule has 0 spiro atoms. The minimum absolute atomic E-state index is 0. The van der Waals surface area contributed by atoms with Gasteiger partial charge < -0.3 is 4.70 Å². The molecule has 0 N–H and O–H groups in total. The first-order valence-corrected chi connectivity index (χ1v) is 0.866. The molecule has 0 saturated carbocycles. The van der Waals surface area contributed by atoms with Crippen LogP contribution in [-0.4, -0.2) is 16.2 Å². The Kier molecular flexibility index (Phi) is 133. The summed E-state index contributed by atoms with van der Waals surface area (Å²) in [5, 5.41) is 0. The molecule has 4 heavy (non-hydrogen) atoms. The van der Waals surface area contributed by atoms with E-state index in [1.54, 1.807) is 0 Å². The van der Waals surface area contributed by atoms with Crippen molar-refractivity contribution in [2.45, 2.75) is 0 Å². The van der Waals surface area contributed by atoms with Crippen molar-refractivity contribution in [2.75, 3.05) is 0 Å². The zero-order valence-corrected chi connectivity index (χ0v) is 5.91. The second-order valence-electron chi connectivity index (χ2n) is 0. The fraction of sp³-hybridized carbons (Fsp3) is 0. The van der Waals surface area contributed by atoms with Gasteiger partial charge in [0.05, 0.1) is 0 Å². The number of hydrogen-bond donors (Lipinski definition) is 0. The maximum absolute atomic E-state index is 8.28. The fourth-order valence-corrected chi connectivity index (χ4v) is 0. The predicted octanol–water partition coefficient (Wildman–Crippen LogP) is -6.76. The second-order valence-corrected chi connectivity index (χ2v) is 0. The molecular formula is HAlFNaO. The Morgan fingerprint density at radius 1 is 1.25 bits per heavy atom. The molecule has 0 aliphatic carbocycles. The van der Waals surface area contributed by atoms with Crippen LogP contribution >= 0.6 is 0 Å². The van der Waals surface area contributed by atoms with E-state index in [1.165, 1.54) is 0 Å². The van der Waals surface area contributed by atoms with Crippen molar-refractivity contribution < 1.29 is 38.1 Å². The van der Waals surface area contributed by atoms with Gasteiger partial charge in [-0.1, -0.05) is 0 Å². The minimum atomic E-state index is 0. The van der Waals surface area contributed by atoms with Gasteiger partial charge in [-0.2, -0.15) is 0 Å². The summed E-state index contributed by atoms with van der Waals surface area (Å²) in [5.41, 5.74) is 0. The van der Waals surface area contributed by atoms with Crippen LogP contribution in [-0.2, 0) is 3.80 Å². The molecule has 18 valence electrons. The molecule has 0 amide bonds. The number of rotatable bonds is 0.